The molecular weight excluding hydrogens is 344 g/mol. The lowest BCUT2D eigenvalue weighted by molar-refractivity contribution is -0.142. The lowest BCUT2D eigenvalue weighted by atomic mass is 9.98. The molecule has 2 aliphatic heterocycles. The Hall–Kier alpha value is -2.67. The smallest absolute Gasteiger partial charge is 0.272 e. The van der Waals surface area contributed by atoms with Crippen LogP contribution >= 0.6 is 0 Å². The molecular formula is C20H24N4O3. The number of ether oxygens (including phenoxy) is 1. The monoisotopic (exact) mass is 368 g/mol. The van der Waals surface area contributed by atoms with Gasteiger partial charge in [-0.2, -0.15) is 0 Å². The number of imidazole rings is 1. The summed E-state index contributed by atoms with van der Waals surface area (Å²) in [5.41, 5.74) is 1.54. The average Bonchev–Trinajstić information content (AvgIpc) is 3.30. The van der Waals surface area contributed by atoms with Crippen LogP contribution in [0.1, 0.15) is 22.5 Å². The van der Waals surface area contributed by atoms with Crippen molar-refractivity contribution in [2.45, 2.75) is 31.0 Å². The fourth-order valence-corrected chi connectivity index (χ4v) is 4.14. The van der Waals surface area contributed by atoms with Crippen LogP contribution in [0.5, 0.6) is 0 Å². The van der Waals surface area contributed by atoms with E-state index in [0.29, 0.717) is 25.2 Å². The van der Waals surface area contributed by atoms with Crippen molar-refractivity contribution >= 4 is 11.8 Å². The molecule has 2 amide bonds. The van der Waals surface area contributed by atoms with E-state index >= 15 is 0 Å². The summed E-state index contributed by atoms with van der Waals surface area (Å²) in [5.74, 6) is -0.144. The molecule has 0 aliphatic carbocycles. The van der Waals surface area contributed by atoms with E-state index in [9.17, 15) is 9.59 Å². The number of benzene rings is 1. The second kappa shape index (κ2) is 7.15. The standard InChI is InChI=1S/C20H24N4O3/c1-22-13-21-10-18(22)20(26)24-11-15-9-16(27-2)12-23(15)19(25)17(24)8-14-6-4-3-5-7-14/h3-7,10,13,15-17H,8-9,11-12H2,1-2H3/t15-,16-,17-/m0/s1. The van der Waals surface area contributed by atoms with Gasteiger partial charge in [-0.25, -0.2) is 4.98 Å². The summed E-state index contributed by atoms with van der Waals surface area (Å²) in [7, 11) is 3.47. The van der Waals surface area contributed by atoms with Gasteiger partial charge in [0, 0.05) is 33.7 Å². The highest BCUT2D eigenvalue weighted by Crippen LogP contribution is 2.29. The summed E-state index contributed by atoms with van der Waals surface area (Å²) in [6, 6.07) is 9.34. The molecule has 2 saturated heterocycles. The molecule has 0 bridgehead atoms. The summed E-state index contributed by atoms with van der Waals surface area (Å²) in [5, 5.41) is 0. The van der Waals surface area contributed by atoms with Crippen molar-refractivity contribution in [2.24, 2.45) is 7.05 Å². The number of nitrogens with zero attached hydrogens (tertiary/aromatic N) is 4. The number of methoxy groups -OCH3 is 1. The van der Waals surface area contributed by atoms with Gasteiger partial charge in [0.25, 0.3) is 5.91 Å². The third-order valence-electron chi connectivity index (χ3n) is 5.63. The molecule has 3 atom stereocenters. The third-order valence-corrected chi connectivity index (χ3v) is 5.63. The normalized spacial score (nSPS) is 25.0. The largest absolute Gasteiger partial charge is 0.380 e. The van der Waals surface area contributed by atoms with Gasteiger partial charge in [0.1, 0.15) is 11.7 Å². The van der Waals surface area contributed by atoms with Gasteiger partial charge >= 0.3 is 0 Å². The fraction of sp³-hybridized carbons (Fsp3) is 0.450. The fourth-order valence-electron chi connectivity index (χ4n) is 4.14. The van der Waals surface area contributed by atoms with E-state index in [1.807, 2.05) is 35.2 Å². The Balaban J connectivity index is 1.66. The SMILES string of the molecule is CO[C@H]1C[C@H]2CN(C(=O)c3cncn3C)[C@@H](Cc3ccccc3)C(=O)N2C1. The van der Waals surface area contributed by atoms with Crippen molar-refractivity contribution in [3.8, 4) is 0 Å². The van der Waals surface area contributed by atoms with E-state index in [1.54, 1.807) is 36.1 Å². The summed E-state index contributed by atoms with van der Waals surface area (Å²) in [6.07, 6.45) is 4.46. The Kier molecular flexibility index (Phi) is 4.70. The first kappa shape index (κ1) is 17.7. The van der Waals surface area contributed by atoms with Gasteiger partial charge in [0.15, 0.2) is 0 Å². The molecule has 0 unspecified atom stereocenters. The molecule has 4 rings (SSSR count). The van der Waals surface area contributed by atoms with E-state index < -0.39 is 6.04 Å². The Morgan fingerprint density at radius 2 is 2.04 bits per heavy atom. The summed E-state index contributed by atoms with van der Waals surface area (Å²) < 4.78 is 7.18. The number of rotatable bonds is 4. The minimum Gasteiger partial charge on any atom is -0.380 e. The summed E-state index contributed by atoms with van der Waals surface area (Å²) >= 11 is 0. The number of piperazine rings is 1. The maximum absolute atomic E-state index is 13.3. The lowest BCUT2D eigenvalue weighted by Gasteiger charge is -2.42. The van der Waals surface area contributed by atoms with Gasteiger partial charge in [0.2, 0.25) is 5.91 Å². The first-order valence-corrected chi connectivity index (χ1v) is 9.23. The van der Waals surface area contributed by atoms with Crippen molar-refractivity contribution in [3.05, 3.63) is 54.1 Å². The molecule has 0 N–H and O–H groups in total. The summed E-state index contributed by atoms with van der Waals surface area (Å²) in [6.45, 7) is 1.12. The van der Waals surface area contributed by atoms with Crippen LogP contribution in [0.2, 0.25) is 0 Å². The Morgan fingerprint density at radius 1 is 1.26 bits per heavy atom. The Bertz CT molecular complexity index is 835. The lowest BCUT2D eigenvalue weighted by Crippen LogP contribution is -2.62. The molecule has 2 aliphatic rings. The van der Waals surface area contributed by atoms with Gasteiger partial charge in [-0.3, -0.25) is 9.59 Å². The predicted molar refractivity (Wildman–Crippen MR) is 99.1 cm³/mol. The van der Waals surface area contributed by atoms with Crippen LogP contribution in [0.15, 0.2) is 42.9 Å². The van der Waals surface area contributed by atoms with Crippen LogP contribution in [0.4, 0.5) is 0 Å². The van der Waals surface area contributed by atoms with E-state index in [-0.39, 0.29) is 24.0 Å². The quantitative estimate of drug-likeness (QED) is 0.811. The highest BCUT2D eigenvalue weighted by Gasteiger charge is 2.47. The number of aryl methyl sites for hydroxylation is 1. The first-order valence-electron chi connectivity index (χ1n) is 9.23. The first-order chi connectivity index (χ1) is 13.1. The highest BCUT2D eigenvalue weighted by atomic mass is 16.5. The topological polar surface area (TPSA) is 67.7 Å². The third kappa shape index (κ3) is 3.23. The molecule has 0 spiro atoms. The number of hydrogen-bond acceptors (Lipinski definition) is 4. The molecule has 1 aromatic heterocycles. The molecule has 0 saturated carbocycles. The molecule has 27 heavy (non-hydrogen) atoms. The van der Waals surface area contributed by atoms with Crippen LogP contribution < -0.4 is 0 Å². The van der Waals surface area contributed by atoms with Gasteiger partial charge in [-0.15, -0.1) is 0 Å². The molecule has 7 heteroatoms. The predicted octanol–water partition coefficient (Wildman–Crippen LogP) is 1.10. The summed E-state index contributed by atoms with van der Waals surface area (Å²) in [4.78, 5) is 34.2. The molecule has 3 heterocycles. The van der Waals surface area contributed by atoms with E-state index in [0.717, 1.165) is 12.0 Å². The van der Waals surface area contributed by atoms with Crippen LogP contribution in [-0.2, 0) is 23.0 Å². The van der Waals surface area contributed by atoms with Gasteiger partial charge in [0.05, 0.1) is 24.7 Å². The van der Waals surface area contributed by atoms with E-state index in [4.69, 9.17) is 4.74 Å². The number of carbonyl (C=O) groups is 2. The molecule has 142 valence electrons. The number of aromatic nitrogens is 2. The Labute approximate surface area is 158 Å². The van der Waals surface area contributed by atoms with Crippen LogP contribution in [0.25, 0.3) is 0 Å². The minimum absolute atomic E-state index is 0.00479. The van der Waals surface area contributed by atoms with Gasteiger partial charge in [-0.05, 0) is 12.0 Å². The molecule has 2 aromatic rings. The van der Waals surface area contributed by atoms with Crippen molar-refractivity contribution in [1.82, 2.24) is 19.4 Å². The number of hydrogen-bond donors (Lipinski definition) is 0. The minimum atomic E-state index is -0.512. The van der Waals surface area contributed by atoms with Crippen molar-refractivity contribution in [3.63, 3.8) is 0 Å². The highest BCUT2D eigenvalue weighted by molar-refractivity contribution is 5.97. The molecule has 1 aromatic carbocycles. The van der Waals surface area contributed by atoms with Crippen LogP contribution in [-0.4, -0.2) is 69.6 Å². The van der Waals surface area contributed by atoms with Gasteiger partial charge < -0.3 is 19.1 Å². The maximum atomic E-state index is 13.3. The van der Waals surface area contributed by atoms with Crippen LogP contribution in [0.3, 0.4) is 0 Å². The molecule has 0 radical (unpaired) electrons. The zero-order valence-corrected chi connectivity index (χ0v) is 15.6. The van der Waals surface area contributed by atoms with Crippen molar-refractivity contribution in [1.29, 1.82) is 0 Å². The van der Waals surface area contributed by atoms with Crippen molar-refractivity contribution < 1.29 is 14.3 Å². The zero-order valence-electron chi connectivity index (χ0n) is 15.6. The van der Waals surface area contributed by atoms with Gasteiger partial charge in [-0.1, -0.05) is 30.3 Å². The number of amides is 2. The second-order valence-electron chi connectivity index (χ2n) is 7.29. The maximum Gasteiger partial charge on any atom is 0.272 e. The Morgan fingerprint density at radius 3 is 2.70 bits per heavy atom. The van der Waals surface area contributed by atoms with Crippen molar-refractivity contribution in [2.75, 3.05) is 20.2 Å². The average molecular weight is 368 g/mol. The zero-order chi connectivity index (χ0) is 19.0. The number of fused-ring (bicyclic) bond motifs is 1. The van der Waals surface area contributed by atoms with E-state index in [1.165, 1.54) is 0 Å². The van der Waals surface area contributed by atoms with Crippen LogP contribution in [0, 0.1) is 0 Å². The number of carbonyl (C=O) groups excluding carboxylic acids is 2. The molecule has 2 fully saturated rings. The van der Waals surface area contributed by atoms with E-state index in [2.05, 4.69) is 4.98 Å². The molecule has 7 nitrogen and oxygen atoms in total. The second-order valence-corrected chi connectivity index (χ2v) is 7.29.